The van der Waals surface area contributed by atoms with E-state index < -0.39 is 0 Å². The van der Waals surface area contributed by atoms with Crippen molar-refractivity contribution in [3.8, 4) is 6.07 Å². The molecular formula is C11H8BrN3O. The molecule has 0 N–H and O–H groups in total. The maximum absolute atomic E-state index is 11.2. The van der Waals surface area contributed by atoms with Crippen LogP contribution in [0.2, 0.25) is 0 Å². The first-order valence-electron chi connectivity index (χ1n) is 4.51. The van der Waals surface area contributed by atoms with Crippen LogP contribution in [0.5, 0.6) is 0 Å². The fraction of sp³-hybridized carbons (Fsp3) is 0.182. The van der Waals surface area contributed by atoms with Gasteiger partial charge in [-0.25, -0.2) is 0 Å². The van der Waals surface area contributed by atoms with Gasteiger partial charge in [0.15, 0.2) is 0 Å². The van der Waals surface area contributed by atoms with Gasteiger partial charge in [-0.2, -0.15) is 10.1 Å². The number of halogens is 1. The molecule has 1 unspecified atom stereocenters. The third-order valence-electron chi connectivity index (χ3n) is 1.98. The first-order chi connectivity index (χ1) is 7.67. The van der Waals surface area contributed by atoms with E-state index in [1.165, 1.54) is 0 Å². The van der Waals surface area contributed by atoms with E-state index in [4.69, 9.17) is 10.8 Å². The number of hydrogen-bond donors (Lipinski definition) is 0. The van der Waals surface area contributed by atoms with Crippen molar-refractivity contribution >= 4 is 27.9 Å². The minimum Gasteiger partial charge on any atom is -0.361 e. The zero-order chi connectivity index (χ0) is 12.0. The number of nitriles is 1. The lowest BCUT2D eigenvalue weighted by Crippen LogP contribution is -2.04. The second kappa shape index (κ2) is 5.96. The molecule has 0 saturated heterocycles. The Bertz CT molecular complexity index is 469. The fourth-order valence-corrected chi connectivity index (χ4v) is 1.80. The number of carbonyl (C=O) groups excluding carboxylic acids is 1. The van der Waals surface area contributed by atoms with E-state index in [0.717, 1.165) is 11.8 Å². The van der Waals surface area contributed by atoms with Crippen molar-refractivity contribution in [2.75, 3.05) is 0 Å². The zero-order valence-corrected chi connectivity index (χ0v) is 9.89. The number of alkyl halides is 1. The SMILES string of the molecule is N#Cc1ccc(C(Br)CC(=O)C=[N+]=[N-])cc1. The number of hydrogen-bond acceptors (Lipinski definition) is 2. The van der Waals surface area contributed by atoms with E-state index in [0.29, 0.717) is 5.56 Å². The quantitative estimate of drug-likeness (QED) is 0.366. The maximum atomic E-state index is 11.2. The highest BCUT2D eigenvalue weighted by molar-refractivity contribution is 9.09. The summed E-state index contributed by atoms with van der Waals surface area (Å²) in [6, 6.07) is 8.95. The Morgan fingerprint density at radius 3 is 2.69 bits per heavy atom. The normalized spacial score (nSPS) is 11.0. The Morgan fingerprint density at radius 1 is 1.56 bits per heavy atom. The Balaban J connectivity index is 2.73. The van der Waals surface area contributed by atoms with Crippen molar-refractivity contribution in [2.45, 2.75) is 11.2 Å². The lowest BCUT2D eigenvalue weighted by molar-refractivity contribution is -0.116. The summed E-state index contributed by atoms with van der Waals surface area (Å²) in [4.78, 5) is 13.7. The topological polar surface area (TPSA) is 77.3 Å². The molecule has 80 valence electrons. The molecule has 0 amide bonds. The molecule has 0 radical (unpaired) electrons. The van der Waals surface area contributed by atoms with Crippen LogP contribution >= 0.6 is 15.9 Å². The Kier molecular flexibility index (Phi) is 4.59. The molecule has 0 spiro atoms. The summed E-state index contributed by atoms with van der Waals surface area (Å²) >= 11 is 3.36. The molecule has 16 heavy (non-hydrogen) atoms. The largest absolute Gasteiger partial charge is 0.361 e. The predicted octanol–water partition coefficient (Wildman–Crippen LogP) is 2.25. The minimum absolute atomic E-state index is 0.147. The number of nitrogens with zero attached hydrogens (tertiary/aromatic N) is 3. The summed E-state index contributed by atoms with van der Waals surface area (Å²) < 4.78 is 0. The van der Waals surface area contributed by atoms with Crippen LogP contribution in [0.4, 0.5) is 0 Å². The first-order valence-corrected chi connectivity index (χ1v) is 5.43. The van der Waals surface area contributed by atoms with Gasteiger partial charge in [0.1, 0.15) is 0 Å². The second-order valence-electron chi connectivity index (χ2n) is 3.12. The summed E-state index contributed by atoms with van der Waals surface area (Å²) in [6.07, 6.45) is 1.08. The lowest BCUT2D eigenvalue weighted by atomic mass is 10.1. The van der Waals surface area contributed by atoms with Gasteiger partial charge in [0.05, 0.1) is 11.6 Å². The molecule has 0 aliphatic heterocycles. The molecule has 1 atom stereocenters. The molecular weight excluding hydrogens is 270 g/mol. The van der Waals surface area contributed by atoms with E-state index in [1.54, 1.807) is 24.3 Å². The number of rotatable bonds is 4. The van der Waals surface area contributed by atoms with Gasteiger partial charge >= 0.3 is 6.21 Å². The number of benzene rings is 1. The monoisotopic (exact) mass is 277 g/mol. The van der Waals surface area contributed by atoms with Gasteiger partial charge in [-0.05, 0) is 17.7 Å². The summed E-state index contributed by atoms with van der Waals surface area (Å²) in [5.41, 5.74) is 9.66. The van der Waals surface area contributed by atoms with Crippen molar-refractivity contribution < 1.29 is 9.58 Å². The molecule has 1 rings (SSSR count). The lowest BCUT2D eigenvalue weighted by Gasteiger charge is -2.06. The summed E-state index contributed by atoms with van der Waals surface area (Å²) in [6.45, 7) is 0. The Labute approximate surface area is 101 Å². The average molecular weight is 278 g/mol. The molecule has 5 heteroatoms. The van der Waals surface area contributed by atoms with Gasteiger partial charge in [0.2, 0.25) is 5.78 Å². The first kappa shape index (κ1) is 12.3. The van der Waals surface area contributed by atoms with Crippen LogP contribution in [0.25, 0.3) is 5.53 Å². The second-order valence-corrected chi connectivity index (χ2v) is 4.22. The van der Waals surface area contributed by atoms with Crippen LogP contribution in [0.1, 0.15) is 22.4 Å². The van der Waals surface area contributed by atoms with E-state index in [1.807, 2.05) is 6.07 Å². The van der Waals surface area contributed by atoms with Gasteiger partial charge in [0, 0.05) is 11.2 Å². The van der Waals surface area contributed by atoms with Crippen LogP contribution < -0.4 is 0 Å². The average Bonchev–Trinajstić information content (AvgIpc) is 2.29. The van der Waals surface area contributed by atoms with E-state index in [-0.39, 0.29) is 17.0 Å². The van der Waals surface area contributed by atoms with Crippen molar-refractivity contribution in [2.24, 2.45) is 0 Å². The standard InChI is InChI=1S/C11H8BrN3O/c12-11(5-10(16)7-15-14)9-3-1-8(6-13)2-4-9/h1-4,7,11H,5H2. The molecule has 0 heterocycles. The molecule has 1 aromatic rings. The maximum Gasteiger partial charge on any atom is 0.323 e. The van der Waals surface area contributed by atoms with E-state index in [2.05, 4.69) is 20.7 Å². The number of ketones is 1. The third-order valence-corrected chi connectivity index (χ3v) is 2.84. The zero-order valence-electron chi connectivity index (χ0n) is 8.30. The smallest absolute Gasteiger partial charge is 0.323 e. The van der Waals surface area contributed by atoms with E-state index >= 15 is 0 Å². The Morgan fingerprint density at radius 2 is 2.19 bits per heavy atom. The van der Waals surface area contributed by atoms with Crippen molar-refractivity contribution in [1.82, 2.24) is 0 Å². The van der Waals surface area contributed by atoms with Gasteiger partial charge in [-0.1, -0.05) is 28.1 Å². The summed E-state index contributed by atoms with van der Waals surface area (Å²) in [7, 11) is 0. The number of carbonyl (C=O) groups is 1. The van der Waals surface area contributed by atoms with Crippen LogP contribution in [0, 0.1) is 11.3 Å². The highest BCUT2D eigenvalue weighted by Gasteiger charge is 2.13. The van der Waals surface area contributed by atoms with Gasteiger partial charge in [-0.15, -0.1) is 0 Å². The molecule has 0 fully saturated rings. The van der Waals surface area contributed by atoms with Crippen LogP contribution in [-0.4, -0.2) is 16.8 Å². The fourth-order valence-electron chi connectivity index (χ4n) is 1.18. The molecule has 0 aromatic heterocycles. The highest BCUT2D eigenvalue weighted by atomic mass is 79.9. The van der Waals surface area contributed by atoms with Gasteiger partial charge in [0.25, 0.3) is 0 Å². The van der Waals surface area contributed by atoms with Gasteiger partial charge in [-0.3, -0.25) is 4.79 Å². The molecule has 0 saturated carbocycles. The van der Waals surface area contributed by atoms with Gasteiger partial charge < -0.3 is 5.53 Å². The minimum atomic E-state index is -0.270. The van der Waals surface area contributed by atoms with E-state index in [9.17, 15) is 4.79 Å². The van der Waals surface area contributed by atoms with Crippen LogP contribution in [-0.2, 0) is 4.79 Å². The molecule has 0 aliphatic rings. The molecule has 4 nitrogen and oxygen atoms in total. The molecule has 1 aromatic carbocycles. The predicted molar refractivity (Wildman–Crippen MR) is 62.1 cm³/mol. The summed E-state index contributed by atoms with van der Waals surface area (Å²) in [5, 5.41) is 8.62. The Hall–Kier alpha value is -1.76. The highest BCUT2D eigenvalue weighted by Crippen LogP contribution is 2.26. The number of Topliss-reactive ketones (excluding diaryl/α,β-unsaturated/α-hetero) is 1. The van der Waals surface area contributed by atoms with Crippen LogP contribution in [0.15, 0.2) is 24.3 Å². The van der Waals surface area contributed by atoms with Crippen molar-refractivity contribution in [1.29, 1.82) is 5.26 Å². The van der Waals surface area contributed by atoms with Crippen molar-refractivity contribution in [3.05, 3.63) is 40.9 Å². The molecule has 0 aliphatic carbocycles. The summed E-state index contributed by atoms with van der Waals surface area (Å²) in [5.74, 6) is -0.270. The molecule has 0 bridgehead atoms. The third kappa shape index (κ3) is 3.43. The van der Waals surface area contributed by atoms with Crippen LogP contribution in [0.3, 0.4) is 0 Å². The van der Waals surface area contributed by atoms with Crippen molar-refractivity contribution in [3.63, 3.8) is 0 Å².